The van der Waals surface area contributed by atoms with Gasteiger partial charge in [-0.2, -0.15) is 0 Å². The van der Waals surface area contributed by atoms with Crippen LogP contribution in [-0.4, -0.2) is 15.7 Å². The Kier molecular flexibility index (Phi) is 5.41. The molecule has 1 aromatic heterocycles. The van der Waals surface area contributed by atoms with Crippen molar-refractivity contribution >= 4 is 27.0 Å². The number of benzene rings is 2. The Morgan fingerprint density at radius 3 is 2.21 bits per heavy atom. The topological polar surface area (TPSA) is 42.9 Å². The van der Waals surface area contributed by atoms with E-state index in [0.29, 0.717) is 18.8 Å². The Balaban J connectivity index is 1.80. The van der Waals surface area contributed by atoms with Gasteiger partial charge in [0.25, 0.3) is 0 Å². The van der Waals surface area contributed by atoms with Gasteiger partial charge in [-0.05, 0) is 42.8 Å². The number of aryl methyl sites for hydroxylation is 1. The lowest BCUT2D eigenvalue weighted by Gasteiger charge is -2.08. The Morgan fingerprint density at radius 1 is 0.958 bits per heavy atom. The number of hydrogen-bond donors (Lipinski definition) is 1. The summed E-state index contributed by atoms with van der Waals surface area (Å²) in [6.45, 7) is 4.26. The number of halogens is 1. The average Bonchev–Trinajstić information content (AvgIpc) is 2.87. The number of unbranched alkanes of at least 4 members (excludes halogenated alkanes) is 1. The van der Waals surface area contributed by atoms with E-state index in [0.717, 1.165) is 40.6 Å². The fourth-order valence-corrected chi connectivity index (χ4v) is 3.11. The summed E-state index contributed by atoms with van der Waals surface area (Å²) in [6.07, 6.45) is 2.21. The Hall–Kier alpha value is -2.01. The Morgan fingerprint density at radius 2 is 1.58 bits per heavy atom. The molecule has 2 aromatic carbocycles. The van der Waals surface area contributed by atoms with Crippen LogP contribution in [0.25, 0.3) is 11.0 Å². The normalized spacial score (nSPS) is 11.1. The number of fused-ring (bicyclic) bond motifs is 1. The number of nitrogens with zero attached hydrogens (tertiary/aromatic N) is 2. The Bertz CT molecular complexity index is 864. The van der Waals surface area contributed by atoms with Crippen molar-refractivity contribution in [1.82, 2.24) is 9.13 Å². The highest BCUT2D eigenvalue weighted by Crippen LogP contribution is 2.17. The van der Waals surface area contributed by atoms with Crippen LogP contribution in [0, 0.1) is 5.41 Å². The lowest BCUT2D eigenvalue weighted by atomic mass is 10.3. The van der Waals surface area contributed by atoms with E-state index in [1.54, 1.807) is 0 Å². The first kappa shape index (κ1) is 16.8. The summed E-state index contributed by atoms with van der Waals surface area (Å²) in [4.78, 5) is 0. The summed E-state index contributed by atoms with van der Waals surface area (Å²) in [6, 6.07) is 16.1. The fourth-order valence-electron chi connectivity index (χ4n) is 2.85. The van der Waals surface area contributed by atoms with E-state index in [1.807, 2.05) is 41.0 Å². The van der Waals surface area contributed by atoms with Gasteiger partial charge in [-0.3, -0.25) is 5.41 Å². The van der Waals surface area contributed by atoms with E-state index in [9.17, 15) is 0 Å². The maximum absolute atomic E-state index is 8.53. The highest BCUT2D eigenvalue weighted by molar-refractivity contribution is 9.10. The molecule has 24 heavy (non-hydrogen) atoms. The summed E-state index contributed by atoms with van der Waals surface area (Å²) >= 11 is 3.42. The van der Waals surface area contributed by atoms with E-state index in [-0.39, 0.29) is 0 Å². The number of nitrogens with one attached hydrogen (secondary N) is 1. The van der Waals surface area contributed by atoms with Crippen molar-refractivity contribution < 1.29 is 4.74 Å². The second kappa shape index (κ2) is 7.71. The molecule has 0 radical (unpaired) electrons. The van der Waals surface area contributed by atoms with Gasteiger partial charge in [0.1, 0.15) is 12.4 Å². The highest BCUT2D eigenvalue weighted by Gasteiger charge is 2.10. The molecule has 0 unspecified atom stereocenters. The van der Waals surface area contributed by atoms with Gasteiger partial charge < -0.3 is 13.9 Å². The van der Waals surface area contributed by atoms with Crippen LogP contribution in [0.5, 0.6) is 5.75 Å². The first-order valence-corrected chi connectivity index (χ1v) is 9.11. The fraction of sp³-hybridized carbons (Fsp3) is 0.316. The van der Waals surface area contributed by atoms with Crippen LogP contribution in [0.3, 0.4) is 0 Å². The molecule has 3 aromatic rings. The van der Waals surface area contributed by atoms with E-state index >= 15 is 0 Å². The zero-order valence-electron chi connectivity index (χ0n) is 13.8. The smallest absolute Gasteiger partial charge is 0.203 e. The van der Waals surface area contributed by atoms with Crippen molar-refractivity contribution in [2.24, 2.45) is 0 Å². The van der Waals surface area contributed by atoms with Gasteiger partial charge in [-0.25, -0.2) is 0 Å². The lowest BCUT2D eigenvalue weighted by Crippen LogP contribution is -2.26. The van der Waals surface area contributed by atoms with Gasteiger partial charge in [0.2, 0.25) is 5.62 Å². The van der Waals surface area contributed by atoms with Gasteiger partial charge in [0.15, 0.2) is 0 Å². The zero-order chi connectivity index (χ0) is 16.9. The minimum absolute atomic E-state index is 0.542. The molecule has 0 amide bonds. The molecule has 0 saturated heterocycles. The van der Waals surface area contributed by atoms with Gasteiger partial charge in [-0.15, -0.1) is 0 Å². The molecule has 0 atom stereocenters. The number of para-hydroxylation sites is 2. The molecule has 0 aliphatic rings. The van der Waals surface area contributed by atoms with Crippen molar-refractivity contribution in [3.05, 3.63) is 58.6 Å². The first-order chi connectivity index (χ1) is 11.7. The maximum atomic E-state index is 8.53. The molecule has 0 bridgehead atoms. The van der Waals surface area contributed by atoms with Crippen LogP contribution in [-0.2, 0) is 13.1 Å². The molecule has 3 rings (SSSR count). The van der Waals surface area contributed by atoms with E-state index < -0.39 is 0 Å². The largest absolute Gasteiger partial charge is 0.492 e. The lowest BCUT2D eigenvalue weighted by molar-refractivity contribution is 0.296. The number of hydrogen-bond acceptors (Lipinski definition) is 2. The number of imidazole rings is 1. The highest BCUT2D eigenvalue weighted by atomic mass is 79.9. The van der Waals surface area contributed by atoms with Crippen LogP contribution in [0.1, 0.15) is 19.8 Å². The molecule has 0 aliphatic carbocycles. The Labute approximate surface area is 150 Å². The third kappa shape index (κ3) is 3.56. The van der Waals surface area contributed by atoms with Crippen LogP contribution >= 0.6 is 15.9 Å². The SMILES string of the molecule is CCCCn1c(=N)n(CCOc2ccc(Br)cc2)c2ccccc21. The van der Waals surface area contributed by atoms with Gasteiger partial charge in [0.05, 0.1) is 17.6 Å². The van der Waals surface area contributed by atoms with E-state index in [4.69, 9.17) is 10.1 Å². The average molecular weight is 388 g/mol. The third-order valence-corrected chi connectivity index (χ3v) is 4.64. The molecule has 1 heterocycles. The molecule has 5 heteroatoms. The van der Waals surface area contributed by atoms with Crippen LogP contribution in [0.2, 0.25) is 0 Å². The molecule has 126 valence electrons. The van der Waals surface area contributed by atoms with Gasteiger partial charge in [-0.1, -0.05) is 41.4 Å². The van der Waals surface area contributed by atoms with Crippen molar-refractivity contribution in [3.63, 3.8) is 0 Å². The van der Waals surface area contributed by atoms with Crippen LogP contribution < -0.4 is 10.4 Å². The number of rotatable bonds is 7. The maximum Gasteiger partial charge on any atom is 0.203 e. The minimum Gasteiger partial charge on any atom is -0.492 e. The number of ether oxygens (including phenoxy) is 1. The molecule has 0 aliphatic heterocycles. The minimum atomic E-state index is 0.542. The second-order valence-electron chi connectivity index (χ2n) is 5.77. The van der Waals surface area contributed by atoms with Crippen molar-refractivity contribution in [3.8, 4) is 5.75 Å². The van der Waals surface area contributed by atoms with Crippen LogP contribution in [0.15, 0.2) is 53.0 Å². The van der Waals surface area contributed by atoms with Crippen molar-refractivity contribution in [2.75, 3.05) is 6.61 Å². The third-order valence-electron chi connectivity index (χ3n) is 4.11. The predicted octanol–water partition coefficient (Wildman–Crippen LogP) is 4.56. The molecule has 0 saturated carbocycles. The molecular weight excluding hydrogens is 366 g/mol. The standard InChI is InChI=1S/C19H22BrN3O/c1-2-3-12-22-17-6-4-5-7-18(17)23(19(22)21)13-14-24-16-10-8-15(20)9-11-16/h4-11,21H,2-3,12-14H2,1H3. The second-order valence-corrected chi connectivity index (χ2v) is 6.69. The summed E-state index contributed by atoms with van der Waals surface area (Å²) in [5.41, 5.74) is 2.77. The molecule has 4 nitrogen and oxygen atoms in total. The molecule has 1 N–H and O–H groups in total. The summed E-state index contributed by atoms with van der Waals surface area (Å²) in [7, 11) is 0. The van der Waals surface area contributed by atoms with Gasteiger partial charge >= 0.3 is 0 Å². The zero-order valence-corrected chi connectivity index (χ0v) is 15.4. The summed E-state index contributed by atoms with van der Waals surface area (Å²) in [5, 5.41) is 8.53. The molecular formula is C19H22BrN3O. The van der Waals surface area contributed by atoms with Crippen LogP contribution in [0.4, 0.5) is 0 Å². The van der Waals surface area contributed by atoms with E-state index in [1.165, 1.54) is 0 Å². The van der Waals surface area contributed by atoms with Crippen molar-refractivity contribution in [2.45, 2.75) is 32.9 Å². The predicted molar refractivity (Wildman–Crippen MR) is 100 cm³/mol. The molecule has 0 spiro atoms. The quantitative estimate of drug-likeness (QED) is 0.633. The summed E-state index contributed by atoms with van der Waals surface area (Å²) < 4.78 is 11.0. The van der Waals surface area contributed by atoms with E-state index in [2.05, 4.69) is 39.6 Å². The number of aromatic nitrogens is 2. The van der Waals surface area contributed by atoms with Gasteiger partial charge in [0, 0.05) is 11.0 Å². The van der Waals surface area contributed by atoms with Crippen molar-refractivity contribution in [1.29, 1.82) is 5.41 Å². The first-order valence-electron chi connectivity index (χ1n) is 8.31. The monoisotopic (exact) mass is 387 g/mol. The summed E-state index contributed by atoms with van der Waals surface area (Å²) in [5.74, 6) is 0.847. The molecule has 0 fully saturated rings.